The Morgan fingerprint density at radius 3 is 2.17 bits per heavy atom. The summed E-state index contributed by atoms with van der Waals surface area (Å²) in [5.74, 6) is 0. The van der Waals surface area contributed by atoms with E-state index < -0.39 is 3.86 Å². The Labute approximate surface area is 49.7 Å². The van der Waals surface area contributed by atoms with Gasteiger partial charge in [0.25, 0.3) is 3.86 Å². The highest BCUT2D eigenvalue weighted by atomic mass is 127. The Bertz CT molecular complexity index is 40.5. The summed E-state index contributed by atoms with van der Waals surface area (Å²) in [5, 5.41) is 8.15. The average molecular weight is 204 g/mol. The Morgan fingerprint density at radius 2 is 2.17 bits per heavy atom. The second-order valence-electron chi connectivity index (χ2n) is 1.02. The van der Waals surface area contributed by atoms with E-state index in [-0.39, 0.29) is 6.42 Å². The van der Waals surface area contributed by atoms with Gasteiger partial charge in [-0.15, -0.1) is 0 Å². The van der Waals surface area contributed by atoms with Crippen LogP contribution in [0.4, 0.5) is 4.39 Å². The second-order valence-corrected chi connectivity index (χ2v) is 2.67. The highest BCUT2D eigenvalue weighted by Crippen LogP contribution is 2.19. The normalized spacial score (nSPS) is 20.0. The second kappa shape index (κ2) is 2.07. The first-order valence-corrected chi connectivity index (χ1v) is 2.74. The molecule has 6 heavy (non-hydrogen) atoms. The molecule has 1 unspecified atom stereocenters. The average Bonchev–Trinajstić information content (AvgIpc) is 1.35. The van der Waals surface area contributed by atoms with Crippen molar-refractivity contribution < 1.29 is 9.50 Å². The van der Waals surface area contributed by atoms with Gasteiger partial charge in [0.1, 0.15) is 0 Å². The van der Waals surface area contributed by atoms with Crippen molar-refractivity contribution in [3.8, 4) is 0 Å². The smallest absolute Gasteiger partial charge is 0.257 e. The van der Waals surface area contributed by atoms with Crippen LogP contribution in [0.1, 0.15) is 13.3 Å². The van der Waals surface area contributed by atoms with Crippen molar-refractivity contribution >= 4 is 22.6 Å². The zero-order valence-corrected chi connectivity index (χ0v) is 5.57. The van der Waals surface area contributed by atoms with Crippen LogP contribution in [-0.4, -0.2) is 8.97 Å². The van der Waals surface area contributed by atoms with Crippen LogP contribution in [0.5, 0.6) is 0 Å². The van der Waals surface area contributed by atoms with Gasteiger partial charge in [-0.05, 0) is 22.6 Å². The van der Waals surface area contributed by atoms with Crippen molar-refractivity contribution in [1.82, 2.24) is 0 Å². The molecule has 1 N–H and O–H groups in total. The number of hydrogen-bond donors (Lipinski definition) is 1. The molecule has 0 fully saturated rings. The summed E-state index contributed by atoms with van der Waals surface area (Å²) in [6, 6.07) is 0. The third kappa shape index (κ3) is 4.62. The SMILES string of the molecule is CCC(O)(F)I. The van der Waals surface area contributed by atoms with E-state index in [1.54, 1.807) is 6.92 Å². The lowest BCUT2D eigenvalue weighted by atomic mass is 10.5. The fourth-order valence-corrected chi connectivity index (χ4v) is 0. The Hall–Kier alpha value is 0.620. The van der Waals surface area contributed by atoms with Crippen LogP contribution in [0.3, 0.4) is 0 Å². The van der Waals surface area contributed by atoms with Crippen molar-refractivity contribution in [3.63, 3.8) is 0 Å². The van der Waals surface area contributed by atoms with Crippen molar-refractivity contribution in [2.45, 2.75) is 17.2 Å². The molecule has 0 aliphatic carbocycles. The van der Waals surface area contributed by atoms with E-state index in [4.69, 9.17) is 5.11 Å². The maximum absolute atomic E-state index is 11.7. The Kier molecular flexibility index (Phi) is 2.28. The number of hydrogen-bond acceptors (Lipinski definition) is 1. The minimum Gasteiger partial charge on any atom is -0.354 e. The van der Waals surface area contributed by atoms with E-state index in [0.29, 0.717) is 0 Å². The van der Waals surface area contributed by atoms with Gasteiger partial charge >= 0.3 is 0 Å². The van der Waals surface area contributed by atoms with Gasteiger partial charge in [0.15, 0.2) is 0 Å². The number of alkyl halides is 2. The summed E-state index contributed by atoms with van der Waals surface area (Å²) in [7, 11) is 0. The third-order valence-electron chi connectivity index (χ3n) is 0.425. The first-order valence-electron chi connectivity index (χ1n) is 1.66. The Morgan fingerprint density at radius 1 is 2.00 bits per heavy atom. The molecule has 0 radical (unpaired) electrons. The molecular formula is C3H6FIO. The van der Waals surface area contributed by atoms with Gasteiger partial charge in [0.05, 0.1) is 0 Å². The van der Waals surface area contributed by atoms with Crippen LogP contribution >= 0.6 is 22.6 Å². The molecule has 0 aromatic rings. The minimum absolute atomic E-state index is 0.146. The van der Waals surface area contributed by atoms with Gasteiger partial charge in [-0.2, -0.15) is 0 Å². The fourth-order valence-electron chi connectivity index (χ4n) is 0. The zero-order valence-electron chi connectivity index (χ0n) is 3.41. The lowest BCUT2D eigenvalue weighted by Gasteiger charge is -2.03. The van der Waals surface area contributed by atoms with Gasteiger partial charge < -0.3 is 5.11 Å². The van der Waals surface area contributed by atoms with Crippen LogP contribution in [-0.2, 0) is 0 Å². The molecule has 0 heterocycles. The highest BCUT2D eigenvalue weighted by Gasteiger charge is 2.15. The van der Waals surface area contributed by atoms with Gasteiger partial charge in [-0.1, -0.05) is 6.92 Å². The van der Waals surface area contributed by atoms with Crippen LogP contribution in [0.2, 0.25) is 0 Å². The van der Waals surface area contributed by atoms with Crippen molar-refractivity contribution in [2.24, 2.45) is 0 Å². The van der Waals surface area contributed by atoms with Gasteiger partial charge in [-0.25, -0.2) is 4.39 Å². The van der Waals surface area contributed by atoms with E-state index in [0.717, 1.165) is 0 Å². The first-order chi connectivity index (χ1) is 2.56. The molecule has 3 heteroatoms. The highest BCUT2D eigenvalue weighted by molar-refractivity contribution is 14.1. The maximum atomic E-state index is 11.7. The molecule has 0 saturated heterocycles. The monoisotopic (exact) mass is 204 g/mol. The first kappa shape index (κ1) is 6.62. The molecule has 1 atom stereocenters. The van der Waals surface area contributed by atoms with Crippen LogP contribution < -0.4 is 0 Å². The molecule has 0 aliphatic heterocycles. The van der Waals surface area contributed by atoms with Crippen LogP contribution in [0.15, 0.2) is 0 Å². The van der Waals surface area contributed by atoms with E-state index in [1.165, 1.54) is 22.6 Å². The summed E-state index contributed by atoms with van der Waals surface area (Å²) >= 11 is 1.33. The molecule has 0 bridgehead atoms. The van der Waals surface area contributed by atoms with E-state index in [2.05, 4.69) is 0 Å². The summed E-state index contributed by atoms with van der Waals surface area (Å²) in [6.07, 6.45) is 0.146. The molecule has 0 rings (SSSR count). The largest absolute Gasteiger partial charge is 0.354 e. The molecule has 0 aliphatic rings. The predicted molar refractivity (Wildman–Crippen MR) is 30.4 cm³/mol. The molecule has 0 amide bonds. The quantitative estimate of drug-likeness (QED) is 0.506. The minimum atomic E-state index is -1.99. The Balaban J connectivity index is 3.17. The number of rotatable bonds is 1. The van der Waals surface area contributed by atoms with Gasteiger partial charge in [-0.3, -0.25) is 0 Å². The predicted octanol–water partition coefficient (Wildman–Crippen LogP) is 1.45. The zero-order chi connectivity index (χ0) is 5.21. The number of halogens is 2. The van der Waals surface area contributed by atoms with Gasteiger partial charge in [0.2, 0.25) is 0 Å². The van der Waals surface area contributed by atoms with E-state index in [9.17, 15) is 4.39 Å². The maximum Gasteiger partial charge on any atom is 0.257 e. The molecule has 0 aromatic carbocycles. The van der Waals surface area contributed by atoms with Crippen LogP contribution in [0, 0.1) is 0 Å². The van der Waals surface area contributed by atoms with Gasteiger partial charge in [0, 0.05) is 6.42 Å². The van der Waals surface area contributed by atoms with Crippen molar-refractivity contribution in [3.05, 3.63) is 0 Å². The standard InChI is InChI=1S/C3H6FIO/c1-2-3(4,5)6/h6H,2H2,1H3. The fraction of sp³-hybridized carbons (Fsp3) is 1.00. The number of aliphatic hydroxyl groups is 1. The molecule has 0 aromatic heterocycles. The van der Waals surface area contributed by atoms with E-state index >= 15 is 0 Å². The lowest BCUT2D eigenvalue weighted by molar-refractivity contribution is 0.0200. The molecule has 0 saturated carbocycles. The topological polar surface area (TPSA) is 20.2 Å². The van der Waals surface area contributed by atoms with Crippen LogP contribution in [0.25, 0.3) is 0 Å². The molecular weight excluding hydrogens is 198 g/mol. The summed E-state index contributed by atoms with van der Waals surface area (Å²) in [6.45, 7) is 1.58. The molecule has 0 spiro atoms. The molecule has 1 nitrogen and oxygen atoms in total. The van der Waals surface area contributed by atoms with Crippen molar-refractivity contribution in [1.29, 1.82) is 0 Å². The summed E-state index contributed by atoms with van der Waals surface area (Å²) in [5.41, 5.74) is 0. The lowest BCUT2D eigenvalue weighted by Crippen LogP contribution is -2.07. The molecule has 38 valence electrons. The summed E-state index contributed by atoms with van der Waals surface area (Å²) in [4.78, 5) is 0. The van der Waals surface area contributed by atoms with Crippen molar-refractivity contribution in [2.75, 3.05) is 0 Å². The van der Waals surface area contributed by atoms with E-state index in [1.807, 2.05) is 0 Å². The summed E-state index contributed by atoms with van der Waals surface area (Å²) < 4.78 is 9.67. The third-order valence-corrected chi connectivity index (χ3v) is 1.19.